The zero-order valence-electron chi connectivity index (χ0n) is 6.68. The molecule has 0 aromatic rings. The van der Waals surface area contributed by atoms with Gasteiger partial charge in [0.2, 0.25) is 0 Å². The van der Waals surface area contributed by atoms with Crippen LogP contribution in [-0.4, -0.2) is 20.1 Å². The van der Waals surface area contributed by atoms with Gasteiger partial charge in [-0.3, -0.25) is 10.2 Å². The quantitative estimate of drug-likeness (QED) is 0.260. The maximum absolute atomic E-state index is 10.9. The summed E-state index contributed by atoms with van der Waals surface area (Å²) in [5, 5.41) is 0. The summed E-state index contributed by atoms with van der Waals surface area (Å²) in [5.41, 5.74) is 4.84. The molecule has 0 spiro atoms. The SMILES string of the molecule is C=C/C=C(\OC)C(=O)NNC. The summed E-state index contributed by atoms with van der Waals surface area (Å²) in [5.74, 6) is -0.107. The number of hydrogen-bond acceptors (Lipinski definition) is 3. The zero-order chi connectivity index (χ0) is 8.69. The largest absolute Gasteiger partial charge is 0.491 e. The monoisotopic (exact) mass is 156 g/mol. The second-order valence-corrected chi connectivity index (χ2v) is 1.67. The van der Waals surface area contributed by atoms with E-state index in [1.807, 2.05) is 0 Å². The summed E-state index contributed by atoms with van der Waals surface area (Å²) < 4.78 is 4.74. The zero-order valence-corrected chi connectivity index (χ0v) is 6.68. The lowest BCUT2D eigenvalue weighted by Gasteiger charge is -2.04. The highest BCUT2D eigenvalue weighted by Gasteiger charge is 2.05. The van der Waals surface area contributed by atoms with Gasteiger partial charge in [0.25, 0.3) is 5.91 Å². The molecule has 2 N–H and O–H groups in total. The molecule has 1 amide bonds. The number of carbonyl (C=O) groups excluding carboxylic acids is 1. The van der Waals surface area contributed by atoms with Crippen LogP contribution in [0.15, 0.2) is 24.5 Å². The Morgan fingerprint density at radius 2 is 2.27 bits per heavy atom. The van der Waals surface area contributed by atoms with E-state index in [0.717, 1.165) is 0 Å². The Morgan fingerprint density at radius 3 is 2.64 bits per heavy atom. The Kier molecular flexibility index (Phi) is 4.85. The van der Waals surface area contributed by atoms with Gasteiger partial charge in [0.1, 0.15) is 0 Å². The molecular weight excluding hydrogens is 144 g/mol. The third-order valence-corrected chi connectivity index (χ3v) is 0.951. The average Bonchev–Trinajstić information content (AvgIpc) is 2.00. The highest BCUT2D eigenvalue weighted by molar-refractivity contribution is 5.91. The van der Waals surface area contributed by atoms with E-state index in [1.165, 1.54) is 19.3 Å². The van der Waals surface area contributed by atoms with Gasteiger partial charge in [0.15, 0.2) is 5.76 Å². The van der Waals surface area contributed by atoms with E-state index in [4.69, 9.17) is 4.74 Å². The Balaban J connectivity index is 4.13. The lowest BCUT2D eigenvalue weighted by molar-refractivity contribution is -0.121. The first-order chi connectivity index (χ1) is 5.26. The predicted octanol–water partition coefficient (Wildman–Crippen LogP) is -0.0467. The van der Waals surface area contributed by atoms with E-state index >= 15 is 0 Å². The summed E-state index contributed by atoms with van der Waals surface area (Å²) in [6.45, 7) is 3.43. The van der Waals surface area contributed by atoms with Crippen LogP contribution in [0, 0.1) is 0 Å². The van der Waals surface area contributed by atoms with Gasteiger partial charge in [-0.25, -0.2) is 5.43 Å². The van der Waals surface area contributed by atoms with Crippen molar-refractivity contribution >= 4 is 5.91 Å². The van der Waals surface area contributed by atoms with Crippen LogP contribution in [0.25, 0.3) is 0 Å². The van der Waals surface area contributed by atoms with Crippen LogP contribution in [0.4, 0.5) is 0 Å². The molecule has 0 saturated carbocycles. The Morgan fingerprint density at radius 1 is 1.64 bits per heavy atom. The summed E-state index contributed by atoms with van der Waals surface area (Å²) in [7, 11) is 3.02. The maximum Gasteiger partial charge on any atom is 0.300 e. The molecule has 0 fully saturated rings. The average molecular weight is 156 g/mol. The number of rotatable bonds is 4. The standard InChI is InChI=1S/C7H12N2O2/c1-4-5-6(11-3)7(10)9-8-2/h4-5,8H,1H2,2-3H3,(H,9,10)/b6-5-. The first-order valence-electron chi connectivity index (χ1n) is 3.10. The first kappa shape index (κ1) is 9.71. The molecule has 4 heteroatoms. The minimum Gasteiger partial charge on any atom is -0.491 e. The molecule has 0 atom stereocenters. The third kappa shape index (κ3) is 3.42. The second-order valence-electron chi connectivity index (χ2n) is 1.67. The van der Waals surface area contributed by atoms with Crippen molar-refractivity contribution in [1.82, 2.24) is 10.9 Å². The van der Waals surface area contributed by atoms with Gasteiger partial charge in [-0.15, -0.1) is 0 Å². The molecule has 0 rings (SSSR count). The number of allylic oxidation sites excluding steroid dienone is 2. The van der Waals surface area contributed by atoms with E-state index in [1.54, 1.807) is 7.05 Å². The molecule has 0 aliphatic rings. The molecule has 0 aromatic heterocycles. The second kappa shape index (κ2) is 5.49. The van der Waals surface area contributed by atoms with Crippen LogP contribution in [0.5, 0.6) is 0 Å². The molecule has 0 bridgehead atoms. The molecule has 11 heavy (non-hydrogen) atoms. The van der Waals surface area contributed by atoms with Crippen molar-refractivity contribution in [2.24, 2.45) is 0 Å². The van der Waals surface area contributed by atoms with Crippen LogP contribution in [0.3, 0.4) is 0 Å². The molecule has 0 heterocycles. The number of hydrazine groups is 1. The highest BCUT2D eigenvalue weighted by Crippen LogP contribution is 1.93. The number of methoxy groups -OCH3 is 1. The third-order valence-electron chi connectivity index (χ3n) is 0.951. The number of amides is 1. The van der Waals surface area contributed by atoms with Gasteiger partial charge in [0, 0.05) is 7.05 Å². The van der Waals surface area contributed by atoms with Gasteiger partial charge >= 0.3 is 0 Å². The Bertz CT molecular complexity index is 175. The minimum atomic E-state index is -0.324. The fourth-order valence-corrected chi connectivity index (χ4v) is 0.519. The molecule has 0 unspecified atom stereocenters. The lowest BCUT2D eigenvalue weighted by atomic mass is 10.4. The van der Waals surface area contributed by atoms with Crippen molar-refractivity contribution in [2.45, 2.75) is 0 Å². The van der Waals surface area contributed by atoms with E-state index in [9.17, 15) is 4.79 Å². The van der Waals surface area contributed by atoms with Gasteiger partial charge < -0.3 is 4.74 Å². The van der Waals surface area contributed by atoms with Crippen molar-refractivity contribution in [1.29, 1.82) is 0 Å². The number of ether oxygens (including phenoxy) is 1. The van der Waals surface area contributed by atoms with Gasteiger partial charge in [-0.05, 0) is 6.08 Å². The van der Waals surface area contributed by atoms with Crippen LogP contribution < -0.4 is 10.9 Å². The molecule has 0 aliphatic heterocycles. The maximum atomic E-state index is 10.9. The molecular formula is C7H12N2O2. The van der Waals surface area contributed by atoms with Crippen LogP contribution in [0.2, 0.25) is 0 Å². The van der Waals surface area contributed by atoms with Crippen molar-refractivity contribution in [2.75, 3.05) is 14.2 Å². The number of hydrogen-bond donors (Lipinski definition) is 2. The van der Waals surface area contributed by atoms with Gasteiger partial charge in [-0.2, -0.15) is 0 Å². The molecule has 0 aliphatic carbocycles. The number of nitrogens with one attached hydrogen (secondary N) is 2. The summed E-state index contributed by atoms with van der Waals surface area (Å²) in [6, 6.07) is 0. The van der Waals surface area contributed by atoms with E-state index < -0.39 is 0 Å². The van der Waals surface area contributed by atoms with Crippen molar-refractivity contribution in [3.63, 3.8) is 0 Å². The number of carbonyl (C=O) groups is 1. The van der Waals surface area contributed by atoms with E-state index in [2.05, 4.69) is 17.4 Å². The lowest BCUT2D eigenvalue weighted by Crippen LogP contribution is -2.35. The summed E-state index contributed by atoms with van der Waals surface area (Å²) >= 11 is 0. The Labute approximate surface area is 65.9 Å². The molecule has 4 nitrogen and oxygen atoms in total. The normalized spacial score (nSPS) is 10.5. The van der Waals surface area contributed by atoms with Crippen LogP contribution >= 0.6 is 0 Å². The fraction of sp³-hybridized carbons (Fsp3) is 0.286. The summed E-state index contributed by atoms with van der Waals surface area (Å²) in [6.07, 6.45) is 2.96. The smallest absolute Gasteiger partial charge is 0.300 e. The molecule has 0 radical (unpaired) electrons. The van der Waals surface area contributed by atoms with Gasteiger partial charge in [-0.1, -0.05) is 12.7 Å². The summed E-state index contributed by atoms with van der Waals surface area (Å²) in [4.78, 5) is 10.9. The molecule has 62 valence electrons. The fourth-order valence-electron chi connectivity index (χ4n) is 0.519. The van der Waals surface area contributed by atoms with Crippen LogP contribution in [0.1, 0.15) is 0 Å². The highest BCUT2D eigenvalue weighted by atomic mass is 16.5. The van der Waals surface area contributed by atoms with Crippen molar-refractivity contribution in [3.05, 3.63) is 24.5 Å². The van der Waals surface area contributed by atoms with E-state index in [0.29, 0.717) is 0 Å². The molecule has 0 aromatic carbocycles. The van der Waals surface area contributed by atoms with Crippen molar-refractivity contribution in [3.8, 4) is 0 Å². The van der Waals surface area contributed by atoms with Crippen molar-refractivity contribution < 1.29 is 9.53 Å². The Hall–Kier alpha value is -1.29. The van der Waals surface area contributed by atoms with Crippen LogP contribution in [-0.2, 0) is 9.53 Å². The molecule has 0 saturated heterocycles. The topological polar surface area (TPSA) is 50.4 Å². The van der Waals surface area contributed by atoms with E-state index in [-0.39, 0.29) is 11.7 Å². The minimum absolute atomic E-state index is 0.217. The predicted molar refractivity (Wildman–Crippen MR) is 42.5 cm³/mol. The van der Waals surface area contributed by atoms with Gasteiger partial charge in [0.05, 0.1) is 7.11 Å². The first-order valence-corrected chi connectivity index (χ1v) is 3.10.